The van der Waals surface area contributed by atoms with Gasteiger partial charge in [-0.1, -0.05) is 0 Å². The van der Waals surface area contributed by atoms with Crippen molar-refractivity contribution in [2.75, 3.05) is 19.0 Å². The van der Waals surface area contributed by atoms with Gasteiger partial charge in [-0.25, -0.2) is 4.68 Å². The highest BCUT2D eigenvalue weighted by Gasteiger charge is 2.08. The molecule has 24 heavy (non-hydrogen) atoms. The molecule has 0 aliphatic rings. The van der Waals surface area contributed by atoms with E-state index in [4.69, 9.17) is 4.74 Å². The van der Waals surface area contributed by atoms with Crippen LogP contribution in [0.25, 0.3) is 5.69 Å². The van der Waals surface area contributed by atoms with Gasteiger partial charge in [0, 0.05) is 25.1 Å². The first-order valence-electron chi connectivity index (χ1n) is 7.60. The zero-order valence-corrected chi connectivity index (χ0v) is 13.6. The summed E-state index contributed by atoms with van der Waals surface area (Å²) in [5, 5.41) is 11.3. The van der Waals surface area contributed by atoms with Crippen molar-refractivity contribution in [3.05, 3.63) is 60.2 Å². The highest BCUT2D eigenvalue weighted by molar-refractivity contribution is 6.04. The summed E-state index contributed by atoms with van der Waals surface area (Å²) in [6, 6.07) is 7.28. The second-order valence-corrected chi connectivity index (χ2v) is 5.45. The van der Waals surface area contributed by atoms with Crippen LogP contribution in [-0.2, 0) is 11.3 Å². The van der Waals surface area contributed by atoms with Crippen LogP contribution in [0.5, 0.6) is 0 Å². The fourth-order valence-corrected chi connectivity index (χ4v) is 2.26. The van der Waals surface area contributed by atoms with Crippen molar-refractivity contribution in [1.82, 2.24) is 19.6 Å². The molecular formula is C17H19N5O2. The molecule has 0 saturated carbocycles. The van der Waals surface area contributed by atoms with E-state index in [-0.39, 0.29) is 5.91 Å². The maximum atomic E-state index is 12.3. The van der Waals surface area contributed by atoms with Crippen LogP contribution >= 0.6 is 0 Å². The van der Waals surface area contributed by atoms with Crippen LogP contribution in [0.1, 0.15) is 15.9 Å². The van der Waals surface area contributed by atoms with Crippen LogP contribution in [-0.4, -0.2) is 39.2 Å². The lowest BCUT2D eigenvalue weighted by molar-refractivity contribution is 0.102. The number of hydrogen-bond acceptors (Lipinski definition) is 4. The summed E-state index contributed by atoms with van der Waals surface area (Å²) in [6.07, 6.45) is 7.12. The maximum absolute atomic E-state index is 12.3. The maximum Gasteiger partial charge on any atom is 0.255 e. The SMILES string of the molecule is COCCn1cc(NC(=O)c2ccc(-n3cc(C)cn3)cc2)cn1. The van der Waals surface area contributed by atoms with E-state index in [1.54, 1.807) is 47.2 Å². The number of nitrogens with one attached hydrogen (secondary N) is 1. The number of aromatic nitrogens is 4. The molecule has 2 heterocycles. The second kappa shape index (κ2) is 7.10. The summed E-state index contributed by atoms with van der Waals surface area (Å²) >= 11 is 0. The first-order valence-corrected chi connectivity index (χ1v) is 7.60. The fraction of sp³-hybridized carbons (Fsp3) is 0.235. The molecule has 3 rings (SSSR count). The van der Waals surface area contributed by atoms with Crippen LogP contribution < -0.4 is 5.32 Å². The molecule has 0 aliphatic carbocycles. The number of methoxy groups -OCH3 is 1. The molecule has 0 spiro atoms. The van der Waals surface area contributed by atoms with Gasteiger partial charge in [-0.05, 0) is 36.8 Å². The molecule has 1 amide bonds. The molecule has 0 unspecified atom stereocenters. The topological polar surface area (TPSA) is 74.0 Å². The van der Waals surface area contributed by atoms with Gasteiger partial charge in [0.2, 0.25) is 0 Å². The van der Waals surface area contributed by atoms with Gasteiger partial charge in [0.15, 0.2) is 0 Å². The van der Waals surface area contributed by atoms with E-state index in [2.05, 4.69) is 15.5 Å². The smallest absolute Gasteiger partial charge is 0.255 e. The van der Waals surface area contributed by atoms with E-state index in [1.165, 1.54) is 0 Å². The zero-order chi connectivity index (χ0) is 16.9. The molecule has 124 valence electrons. The standard InChI is InChI=1S/C17H19N5O2/c1-13-9-19-22(11-13)16-5-3-14(4-6-16)17(23)20-15-10-18-21(12-15)7-8-24-2/h3-6,9-12H,7-8H2,1-2H3,(H,20,23). The number of rotatable bonds is 6. The molecule has 7 heteroatoms. The molecule has 0 radical (unpaired) electrons. The Hall–Kier alpha value is -2.93. The van der Waals surface area contributed by atoms with Crippen molar-refractivity contribution in [2.24, 2.45) is 0 Å². The van der Waals surface area contributed by atoms with Gasteiger partial charge in [0.25, 0.3) is 5.91 Å². The van der Waals surface area contributed by atoms with Crippen molar-refractivity contribution in [3.63, 3.8) is 0 Å². The Kier molecular flexibility index (Phi) is 4.72. The Bertz CT molecular complexity index is 820. The van der Waals surface area contributed by atoms with Crippen molar-refractivity contribution in [1.29, 1.82) is 0 Å². The third-order valence-corrected chi connectivity index (χ3v) is 3.52. The first-order chi connectivity index (χ1) is 11.7. The molecule has 0 fully saturated rings. The lowest BCUT2D eigenvalue weighted by atomic mass is 10.2. The lowest BCUT2D eigenvalue weighted by Crippen LogP contribution is -2.11. The monoisotopic (exact) mass is 325 g/mol. The van der Waals surface area contributed by atoms with Gasteiger partial charge in [0.05, 0.1) is 36.9 Å². The second-order valence-electron chi connectivity index (χ2n) is 5.45. The third kappa shape index (κ3) is 3.69. The Morgan fingerprint density at radius 3 is 2.62 bits per heavy atom. The highest BCUT2D eigenvalue weighted by Crippen LogP contribution is 2.12. The van der Waals surface area contributed by atoms with Gasteiger partial charge in [-0.2, -0.15) is 10.2 Å². The van der Waals surface area contributed by atoms with Crippen molar-refractivity contribution >= 4 is 11.6 Å². The average Bonchev–Trinajstić information content (AvgIpc) is 3.22. The quantitative estimate of drug-likeness (QED) is 0.754. The summed E-state index contributed by atoms with van der Waals surface area (Å²) in [5.74, 6) is -0.176. The largest absolute Gasteiger partial charge is 0.383 e. The minimum Gasteiger partial charge on any atom is -0.383 e. The van der Waals surface area contributed by atoms with Gasteiger partial charge in [-0.3, -0.25) is 9.48 Å². The number of hydrogen-bond donors (Lipinski definition) is 1. The normalized spacial score (nSPS) is 10.8. The summed E-state index contributed by atoms with van der Waals surface area (Å²) in [7, 11) is 1.64. The number of aryl methyl sites for hydroxylation is 1. The van der Waals surface area contributed by atoms with E-state index in [1.807, 2.05) is 25.3 Å². The molecule has 2 aromatic heterocycles. The first kappa shape index (κ1) is 15.9. The van der Waals surface area contributed by atoms with E-state index in [0.29, 0.717) is 24.4 Å². The highest BCUT2D eigenvalue weighted by atomic mass is 16.5. The number of nitrogens with zero attached hydrogens (tertiary/aromatic N) is 4. The minimum absolute atomic E-state index is 0.176. The van der Waals surface area contributed by atoms with Crippen molar-refractivity contribution < 1.29 is 9.53 Å². The van der Waals surface area contributed by atoms with Crippen molar-refractivity contribution in [2.45, 2.75) is 13.5 Å². The molecule has 0 saturated heterocycles. The predicted molar refractivity (Wildman–Crippen MR) is 90.4 cm³/mol. The summed E-state index contributed by atoms with van der Waals surface area (Å²) < 4.78 is 8.50. The lowest BCUT2D eigenvalue weighted by Gasteiger charge is -2.05. The predicted octanol–water partition coefficient (Wildman–Crippen LogP) is 2.28. The molecule has 1 N–H and O–H groups in total. The number of amides is 1. The molecule has 1 aromatic carbocycles. The van der Waals surface area contributed by atoms with E-state index < -0.39 is 0 Å². The van der Waals surface area contributed by atoms with E-state index >= 15 is 0 Å². The van der Waals surface area contributed by atoms with Crippen LogP contribution in [0.4, 0.5) is 5.69 Å². The van der Waals surface area contributed by atoms with Gasteiger partial charge in [0.1, 0.15) is 0 Å². The summed E-state index contributed by atoms with van der Waals surface area (Å²) in [4.78, 5) is 12.3. The number of ether oxygens (including phenoxy) is 1. The van der Waals surface area contributed by atoms with Gasteiger partial charge in [-0.15, -0.1) is 0 Å². The zero-order valence-electron chi connectivity index (χ0n) is 13.6. The third-order valence-electron chi connectivity index (χ3n) is 3.52. The Balaban J connectivity index is 1.65. The molecule has 3 aromatic rings. The van der Waals surface area contributed by atoms with Gasteiger partial charge < -0.3 is 10.1 Å². The van der Waals surface area contributed by atoms with E-state index in [0.717, 1.165) is 11.3 Å². The number of anilines is 1. The van der Waals surface area contributed by atoms with Crippen LogP contribution in [0.15, 0.2) is 49.1 Å². The molecule has 0 atom stereocenters. The van der Waals surface area contributed by atoms with Crippen LogP contribution in [0.3, 0.4) is 0 Å². The number of carbonyl (C=O) groups excluding carboxylic acids is 1. The summed E-state index contributed by atoms with van der Waals surface area (Å²) in [5.41, 5.74) is 3.23. The van der Waals surface area contributed by atoms with Crippen LogP contribution in [0.2, 0.25) is 0 Å². The van der Waals surface area contributed by atoms with Crippen molar-refractivity contribution in [3.8, 4) is 5.69 Å². The molecule has 0 aliphatic heterocycles. The van der Waals surface area contributed by atoms with Gasteiger partial charge >= 0.3 is 0 Å². The minimum atomic E-state index is -0.176. The van der Waals surface area contributed by atoms with Crippen LogP contribution in [0, 0.1) is 6.92 Å². The Morgan fingerprint density at radius 2 is 1.96 bits per heavy atom. The Labute approximate surface area is 139 Å². The molecule has 0 bridgehead atoms. The number of benzene rings is 1. The average molecular weight is 325 g/mol. The molecular weight excluding hydrogens is 306 g/mol. The Morgan fingerprint density at radius 1 is 1.17 bits per heavy atom. The summed E-state index contributed by atoms with van der Waals surface area (Å²) in [6.45, 7) is 3.20. The van der Waals surface area contributed by atoms with E-state index in [9.17, 15) is 4.79 Å². The number of carbonyl (C=O) groups is 1. The molecule has 7 nitrogen and oxygen atoms in total. The fourth-order valence-electron chi connectivity index (χ4n) is 2.26.